The number of ether oxygens (including phenoxy) is 1. The van der Waals surface area contributed by atoms with Crippen molar-refractivity contribution >= 4 is 6.03 Å². The van der Waals surface area contributed by atoms with Gasteiger partial charge in [0.05, 0.1) is 19.3 Å². The van der Waals surface area contributed by atoms with Gasteiger partial charge in [-0.15, -0.1) is 0 Å². The molecule has 7 nitrogen and oxygen atoms in total. The number of carbonyl (C=O) groups is 1. The summed E-state index contributed by atoms with van der Waals surface area (Å²) >= 11 is 0. The SMILES string of the molecule is CC(C)COC[C@@H](O)CNC(=O)NCc1cc(-c2ccccc2)no1. The second-order valence-corrected chi connectivity index (χ2v) is 6.19. The van der Waals surface area contributed by atoms with Gasteiger partial charge in [0.25, 0.3) is 0 Å². The van der Waals surface area contributed by atoms with Crippen LogP contribution in [0.25, 0.3) is 11.3 Å². The van der Waals surface area contributed by atoms with E-state index < -0.39 is 6.10 Å². The number of aliphatic hydroxyl groups is 1. The molecule has 3 N–H and O–H groups in total. The van der Waals surface area contributed by atoms with Crippen LogP contribution in [-0.4, -0.2) is 42.2 Å². The number of carbonyl (C=O) groups excluding carboxylic acids is 1. The summed E-state index contributed by atoms with van der Waals surface area (Å²) in [4.78, 5) is 11.7. The van der Waals surface area contributed by atoms with Gasteiger partial charge in [0.15, 0.2) is 5.76 Å². The predicted octanol–water partition coefficient (Wildman–Crippen LogP) is 2.17. The Balaban J connectivity index is 1.67. The largest absolute Gasteiger partial charge is 0.389 e. The predicted molar refractivity (Wildman–Crippen MR) is 93.8 cm³/mol. The fourth-order valence-corrected chi connectivity index (χ4v) is 2.08. The Bertz CT molecular complexity index is 643. The van der Waals surface area contributed by atoms with Gasteiger partial charge in [-0.1, -0.05) is 49.3 Å². The molecule has 0 saturated carbocycles. The maximum atomic E-state index is 11.7. The number of urea groups is 1. The summed E-state index contributed by atoms with van der Waals surface area (Å²) in [6.07, 6.45) is -0.737. The number of rotatable bonds is 9. The first-order chi connectivity index (χ1) is 12.0. The molecule has 1 aromatic heterocycles. The summed E-state index contributed by atoms with van der Waals surface area (Å²) in [5.74, 6) is 0.959. The minimum Gasteiger partial charge on any atom is -0.389 e. The zero-order valence-corrected chi connectivity index (χ0v) is 14.6. The van der Waals surface area contributed by atoms with Crippen LogP contribution < -0.4 is 10.6 Å². The Morgan fingerprint density at radius 1 is 1.24 bits per heavy atom. The minimum atomic E-state index is -0.737. The lowest BCUT2D eigenvalue weighted by Crippen LogP contribution is -2.40. The van der Waals surface area contributed by atoms with Crippen molar-refractivity contribution in [3.05, 3.63) is 42.2 Å². The summed E-state index contributed by atoms with van der Waals surface area (Å²) in [7, 11) is 0. The second-order valence-electron chi connectivity index (χ2n) is 6.19. The third-order valence-electron chi connectivity index (χ3n) is 3.31. The van der Waals surface area contributed by atoms with Gasteiger partial charge < -0.3 is 25.0 Å². The van der Waals surface area contributed by atoms with Crippen molar-refractivity contribution in [2.75, 3.05) is 19.8 Å². The van der Waals surface area contributed by atoms with Gasteiger partial charge in [0.2, 0.25) is 0 Å². The molecule has 0 spiro atoms. The average Bonchev–Trinajstić information content (AvgIpc) is 3.07. The van der Waals surface area contributed by atoms with E-state index in [4.69, 9.17) is 9.26 Å². The molecule has 2 rings (SSSR count). The molecule has 0 aliphatic carbocycles. The summed E-state index contributed by atoms with van der Waals surface area (Å²) < 4.78 is 10.5. The number of nitrogens with zero attached hydrogens (tertiary/aromatic N) is 1. The van der Waals surface area contributed by atoms with E-state index in [1.807, 2.05) is 44.2 Å². The standard InChI is InChI=1S/C18H25N3O4/c1-13(2)11-24-12-15(22)9-19-18(23)20-10-16-8-17(21-25-16)14-6-4-3-5-7-14/h3-8,13,15,22H,9-12H2,1-2H3,(H2,19,20,23)/t15-/m0/s1. The van der Waals surface area contributed by atoms with Crippen molar-refractivity contribution in [1.82, 2.24) is 15.8 Å². The van der Waals surface area contributed by atoms with Gasteiger partial charge in [-0.2, -0.15) is 0 Å². The highest BCUT2D eigenvalue weighted by molar-refractivity contribution is 5.73. The number of aliphatic hydroxyl groups excluding tert-OH is 1. The summed E-state index contributed by atoms with van der Waals surface area (Å²) in [5.41, 5.74) is 1.67. The summed E-state index contributed by atoms with van der Waals surface area (Å²) in [5, 5.41) is 19.0. The van der Waals surface area contributed by atoms with Crippen molar-refractivity contribution in [1.29, 1.82) is 0 Å². The van der Waals surface area contributed by atoms with Gasteiger partial charge in [-0.3, -0.25) is 0 Å². The lowest BCUT2D eigenvalue weighted by molar-refractivity contribution is 0.0272. The normalized spacial score (nSPS) is 12.2. The smallest absolute Gasteiger partial charge is 0.315 e. The van der Waals surface area contributed by atoms with Gasteiger partial charge in [0.1, 0.15) is 5.69 Å². The van der Waals surface area contributed by atoms with Gasteiger partial charge >= 0.3 is 6.03 Å². The van der Waals surface area contributed by atoms with Crippen molar-refractivity contribution in [2.45, 2.75) is 26.5 Å². The molecule has 2 amide bonds. The molecule has 0 aliphatic heterocycles. The van der Waals surface area contributed by atoms with Crippen LogP contribution >= 0.6 is 0 Å². The molecule has 0 saturated heterocycles. The van der Waals surface area contributed by atoms with E-state index in [-0.39, 0.29) is 25.7 Å². The fraction of sp³-hybridized carbons (Fsp3) is 0.444. The van der Waals surface area contributed by atoms with E-state index in [2.05, 4.69) is 15.8 Å². The number of amides is 2. The van der Waals surface area contributed by atoms with Crippen LogP contribution in [-0.2, 0) is 11.3 Å². The monoisotopic (exact) mass is 347 g/mol. The summed E-state index contributed by atoms with van der Waals surface area (Å²) in [6.45, 7) is 5.18. The molecule has 7 heteroatoms. The number of aromatic nitrogens is 1. The number of hydrogen-bond donors (Lipinski definition) is 3. The molecular weight excluding hydrogens is 322 g/mol. The zero-order valence-electron chi connectivity index (χ0n) is 14.6. The van der Waals surface area contributed by atoms with Crippen LogP contribution in [0.4, 0.5) is 4.79 Å². The second kappa shape index (κ2) is 9.80. The average molecular weight is 347 g/mol. The highest BCUT2D eigenvalue weighted by Gasteiger charge is 2.10. The van der Waals surface area contributed by atoms with E-state index in [9.17, 15) is 9.90 Å². The van der Waals surface area contributed by atoms with Crippen LogP contribution in [0.5, 0.6) is 0 Å². The Hall–Kier alpha value is -2.38. The first kappa shape index (κ1) is 19.0. The Morgan fingerprint density at radius 2 is 2.00 bits per heavy atom. The molecule has 0 fully saturated rings. The van der Waals surface area contributed by atoms with E-state index in [1.54, 1.807) is 6.07 Å². The highest BCUT2D eigenvalue weighted by Crippen LogP contribution is 2.18. The molecule has 0 bridgehead atoms. The van der Waals surface area contributed by atoms with E-state index in [1.165, 1.54) is 0 Å². The van der Waals surface area contributed by atoms with Crippen molar-refractivity contribution in [3.8, 4) is 11.3 Å². The Morgan fingerprint density at radius 3 is 2.72 bits per heavy atom. The third-order valence-corrected chi connectivity index (χ3v) is 3.31. The molecular formula is C18H25N3O4. The van der Waals surface area contributed by atoms with Gasteiger partial charge in [0, 0.05) is 24.8 Å². The highest BCUT2D eigenvalue weighted by atomic mass is 16.5. The topological polar surface area (TPSA) is 96.6 Å². The van der Waals surface area contributed by atoms with Crippen molar-refractivity contribution in [3.63, 3.8) is 0 Å². The number of hydrogen-bond acceptors (Lipinski definition) is 5. The molecule has 1 aromatic carbocycles. The molecule has 1 atom stereocenters. The molecule has 25 heavy (non-hydrogen) atoms. The molecule has 0 radical (unpaired) electrons. The number of benzene rings is 1. The molecule has 0 aliphatic rings. The zero-order chi connectivity index (χ0) is 18.1. The van der Waals surface area contributed by atoms with E-state index >= 15 is 0 Å². The molecule has 2 aromatic rings. The van der Waals surface area contributed by atoms with Gasteiger partial charge in [-0.25, -0.2) is 4.79 Å². The summed E-state index contributed by atoms with van der Waals surface area (Å²) in [6, 6.07) is 11.0. The third kappa shape index (κ3) is 6.94. The lowest BCUT2D eigenvalue weighted by atomic mass is 10.1. The molecule has 0 unspecified atom stereocenters. The van der Waals surface area contributed by atoms with Crippen molar-refractivity contribution < 1.29 is 19.2 Å². The van der Waals surface area contributed by atoms with Crippen LogP contribution in [0.3, 0.4) is 0 Å². The first-order valence-electron chi connectivity index (χ1n) is 8.33. The van der Waals surface area contributed by atoms with E-state index in [0.717, 1.165) is 11.3 Å². The Labute approximate surface area is 147 Å². The van der Waals surface area contributed by atoms with E-state index in [0.29, 0.717) is 18.3 Å². The number of nitrogens with one attached hydrogen (secondary N) is 2. The molecule has 1 heterocycles. The fourth-order valence-electron chi connectivity index (χ4n) is 2.08. The lowest BCUT2D eigenvalue weighted by Gasteiger charge is -2.13. The van der Waals surface area contributed by atoms with Crippen LogP contribution in [0.2, 0.25) is 0 Å². The Kier molecular flexibility index (Phi) is 7.43. The molecule has 136 valence electrons. The minimum absolute atomic E-state index is 0.121. The van der Waals surface area contributed by atoms with Gasteiger partial charge in [-0.05, 0) is 5.92 Å². The van der Waals surface area contributed by atoms with Crippen LogP contribution in [0.1, 0.15) is 19.6 Å². The first-order valence-corrected chi connectivity index (χ1v) is 8.33. The quantitative estimate of drug-likeness (QED) is 0.646. The van der Waals surface area contributed by atoms with Crippen LogP contribution in [0, 0.1) is 5.92 Å². The maximum absolute atomic E-state index is 11.7. The van der Waals surface area contributed by atoms with Crippen molar-refractivity contribution in [2.24, 2.45) is 5.92 Å². The van der Waals surface area contributed by atoms with Crippen LogP contribution in [0.15, 0.2) is 40.9 Å². The maximum Gasteiger partial charge on any atom is 0.315 e.